The fourth-order valence-electron chi connectivity index (χ4n) is 4.03. The number of amides is 1. The standard InChI is InChI=1S/C22H20N6OS/c23-12-15-16(24)4-3-5-18(15)28-11-8-17-20(22(28)29)30-21(26-17)14-6-7-19(25-13-14)27-9-1-2-10-27/h3-7,13H,1-2,8-11,24H2. The second-order valence-corrected chi connectivity index (χ2v) is 8.45. The van der Waals surface area contributed by atoms with Gasteiger partial charge in [0, 0.05) is 37.8 Å². The van der Waals surface area contributed by atoms with Crippen molar-refractivity contribution >= 4 is 34.4 Å². The molecule has 0 spiro atoms. The maximum Gasteiger partial charge on any atom is 0.270 e. The van der Waals surface area contributed by atoms with Crippen molar-refractivity contribution in [1.29, 1.82) is 5.26 Å². The fraction of sp³-hybridized carbons (Fsp3) is 0.273. The highest BCUT2D eigenvalue weighted by Crippen LogP contribution is 2.35. The zero-order chi connectivity index (χ0) is 20.7. The SMILES string of the molecule is N#Cc1c(N)cccc1N1CCc2nc(-c3ccc(N4CCCC4)nc3)sc2C1=O. The third-order valence-corrected chi connectivity index (χ3v) is 6.75. The summed E-state index contributed by atoms with van der Waals surface area (Å²) in [5.74, 6) is 0.856. The van der Waals surface area contributed by atoms with E-state index in [0.717, 1.165) is 35.2 Å². The maximum absolute atomic E-state index is 13.2. The van der Waals surface area contributed by atoms with Gasteiger partial charge in [0.05, 0.1) is 22.6 Å². The van der Waals surface area contributed by atoms with E-state index in [2.05, 4.69) is 16.0 Å². The van der Waals surface area contributed by atoms with Crippen LogP contribution in [0.4, 0.5) is 17.2 Å². The van der Waals surface area contributed by atoms with Crippen molar-refractivity contribution < 1.29 is 4.79 Å². The molecule has 0 aliphatic carbocycles. The van der Waals surface area contributed by atoms with Gasteiger partial charge in [0.25, 0.3) is 5.91 Å². The van der Waals surface area contributed by atoms with Crippen LogP contribution in [0.3, 0.4) is 0 Å². The molecule has 7 nitrogen and oxygen atoms in total. The smallest absolute Gasteiger partial charge is 0.270 e. The summed E-state index contributed by atoms with van der Waals surface area (Å²) in [6.45, 7) is 2.58. The zero-order valence-corrected chi connectivity index (χ0v) is 17.2. The van der Waals surface area contributed by atoms with Crippen LogP contribution < -0.4 is 15.5 Å². The first kappa shape index (κ1) is 18.6. The lowest BCUT2D eigenvalue weighted by molar-refractivity contribution is 0.0984. The molecule has 2 aliphatic heterocycles. The van der Waals surface area contributed by atoms with E-state index in [4.69, 9.17) is 10.7 Å². The second kappa shape index (κ2) is 7.43. The second-order valence-electron chi connectivity index (χ2n) is 7.45. The molecule has 3 aromatic rings. The first-order valence-electron chi connectivity index (χ1n) is 9.97. The number of hydrogen-bond donors (Lipinski definition) is 1. The van der Waals surface area contributed by atoms with Crippen molar-refractivity contribution in [3.05, 3.63) is 52.7 Å². The number of thiazole rings is 1. The molecule has 2 N–H and O–H groups in total. The number of nitrogens with zero attached hydrogens (tertiary/aromatic N) is 5. The number of aromatic nitrogens is 2. The number of nitriles is 1. The molecule has 1 fully saturated rings. The summed E-state index contributed by atoms with van der Waals surface area (Å²) in [6, 6.07) is 11.4. The highest BCUT2D eigenvalue weighted by molar-refractivity contribution is 7.17. The van der Waals surface area contributed by atoms with Crippen LogP contribution in [0, 0.1) is 11.3 Å². The van der Waals surface area contributed by atoms with Crippen LogP contribution in [0.5, 0.6) is 0 Å². The number of nitrogens with two attached hydrogens (primary N) is 1. The summed E-state index contributed by atoms with van der Waals surface area (Å²) >= 11 is 1.38. The molecule has 2 aromatic heterocycles. The summed E-state index contributed by atoms with van der Waals surface area (Å²) in [5, 5.41) is 10.3. The average molecular weight is 417 g/mol. The van der Waals surface area contributed by atoms with Crippen molar-refractivity contribution in [3.63, 3.8) is 0 Å². The zero-order valence-electron chi connectivity index (χ0n) is 16.3. The van der Waals surface area contributed by atoms with Crippen molar-refractivity contribution in [2.75, 3.05) is 35.2 Å². The van der Waals surface area contributed by atoms with E-state index in [1.54, 1.807) is 23.1 Å². The Morgan fingerprint density at radius 2 is 1.97 bits per heavy atom. The Hall–Kier alpha value is -3.44. The predicted octanol–water partition coefficient (Wildman–Crippen LogP) is 3.46. The summed E-state index contributed by atoms with van der Waals surface area (Å²) in [5.41, 5.74) is 8.93. The molecule has 30 heavy (non-hydrogen) atoms. The molecule has 1 saturated heterocycles. The molecule has 2 aliphatic rings. The van der Waals surface area contributed by atoms with Gasteiger partial charge in [-0.3, -0.25) is 4.79 Å². The number of fused-ring (bicyclic) bond motifs is 1. The minimum Gasteiger partial charge on any atom is -0.398 e. The van der Waals surface area contributed by atoms with E-state index in [1.807, 2.05) is 18.3 Å². The van der Waals surface area contributed by atoms with Crippen molar-refractivity contribution in [2.24, 2.45) is 0 Å². The van der Waals surface area contributed by atoms with Gasteiger partial charge in [-0.25, -0.2) is 9.97 Å². The molecular weight excluding hydrogens is 396 g/mol. The minimum atomic E-state index is -0.135. The number of benzene rings is 1. The first-order valence-corrected chi connectivity index (χ1v) is 10.8. The highest BCUT2D eigenvalue weighted by Gasteiger charge is 2.31. The Bertz CT molecular complexity index is 1160. The van der Waals surface area contributed by atoms with Crippen molar-refractivity contribution in [2.45, 2.75) is 19.3 Å². The maximum atomic E-state index is 13.2. The van der Waals surface area contributed by atoms with E-state index in [1.165, 1.54) is 24.2 Å². The monoisotopic (exact) mass is 416 g/mol. The molecule has 4 heterocycles. The normalized spacial score (nSPS) is 15.9. The molecule has 1 amide bonds. The largest absolute Gasteiger partial charge is 0.398 e. The van der Waals surface area contributed by atoms with Gasteiger partial charge in [-0.15, -0.1) is 11.3 Å². The fourth-order valence-corrected chi connectivity index (χ4v) is 5.08. The lowest BCUT2D eigenvalue weighted by Crippen LogP contribution is -2.37. The Kier molecular flexibility index (Phi) is 4.60. The van der Waals surface area contributed by atoms with Gasteiger partial charge in [0.1, 0.15) is 21.8 Å². The number of pyridine rings is 1. The van der Waals surface area contributed by atoms with Crippen molar-refractivity contribution in [1.82, 2.24) is 9.97 Å². The molecular formula is C22H20N6OS. The quantitative estimate of drug-likeness (QED) is 0.657. The Labute approximate surface area is 178 Å². The third-order valence-electron chi connectivity index (χ3n) is 5.61. The van der Waals surface area contributed by atoms with Crippen LogP contribution >= 0.6 is 11.3 Å². The number of anilines is 3. The lowest BCUT2D eigenvalue weighted by Gasteiger charge is -2.27. The van der Waals surface area contributed by atoms with Gasteiger partial charge in [-0.1, -0.05) is 6.07 Å². The van der Waals surface area contributed by atoms with Crippen LogP contribution in [0.1, 0.15) is 33.8 Å². The van der Waals surface area contributed by atoms with E-state index in [9.17, 15) is 10.1 Å². The minimum absolute atomic E-state index is 0.135. The molecule has 0 saturated carbocycles. The predicted molar refractivity (Wildman–Crippen MR) is 118 cm³/mol. The lowest BCUT2D eigenvalue weighted by atomic mass is 10.1. The molecule has 150 valence electrons. The Balaban J connectivity index is 1.44. The molecule has 8 heteroatoms. The topological polar surface area (TPSA) is 99.1 Å². The Morgan fingerprint density at radius 1 is 1.13 bits per heavy atom. The molecule has 0 unspecified atom stereocenters. The molecule has 0 bridgehead atoms. The summed E-state index contributed by atoms with van der Waals surface area (Å²) in [7, 11) is 0. The van der Waals surface area contributed by atoms with Gasteiger partial charge < -0.3 is 15.5 Å². The highest BCUT2D eigenvalue weighted by atomic mass is 32.1. The van der Waals surface area contributed by atoms with Gasteiger partial charge >= 0.3 is 0 Å². The molecule has 5 rings (SSSR count). The molecule has 0 atom stereocenters. The van der Waals surface area contributed by atoms with E-state index in [0.29, 0.717) is 34.8 Å². The van der Waals surface area contributed by atoms with Crippen molar-refractivity contribution in [3.8, 4) is 16.6 Å². The Morgan fingerprint density at radius 3 is 2.70 bits per heavy atom. The van der Waals surface area contributed by atoms with Gasteiger partial charge in [0.15, 0.2) is 0 Å². The number of hydrogen-bond acceptors (Lipinski definition) is 7. The van der Waals surface area contributed by atoms with Crippen LogP contribution in [-0.4, -0.2) is 35.5 Å². The van der Waals surface area contributed by atoms with Gasteiger partial charge in [0.2, 0.25) is 0 Å². The molecule has 0 radical (unpaired) electrons. The first-order chi connectivity index (χ1) is 14.7. The van der Waals surface area contributed by atoms with Crippen LogP contribution in [0.25, 0.3) is 10.6 Å². The summed E-state index contributed by atoms with van der Waals surface area (Å²) in [6.07, 6.45) is 4.89. The van der Waals surface area contributed by atoms with Gasteiger partial charge in [-0.05, 0) is 37.1 Å². The summed E-state index contributed by atoms with van der Waals surface area (Å²) < 4.78 is 0. The van der Waals surface area contributed by atoms with Crippen LogP contribution in [0.2, 0.25) is 0 Å². The number of carbonyl (C=O) groups is 1. The van der Waals surface area contributed by atoms with Crippen LogP contribution in [0.15, 0.2) is 36.5 Å². The van der Waals surface area contributed by atoms with E-state index >= 15 is 0 Å². The average Bonchev–Trinajstić information content (AvgIpc) is 3.45. The number of carbonyl (C=O) groups excluding carboxylic acids is 1. The third kappa shape index (κ3) is 3.08. The van der Waals surface area contributed by atoms with E-state index in [-0.39, 0.29) is 5.91 Å². The number of rotatable bonds is 3. The van der Waals surface area contributed by atoms with E-state index < -0.39 is 0 Å². The van der Waals surface area contributed by atoms with Crippen LogP contribution in [-0.2, 0) is 6.42 Å². The summed E-state index contributed by atoms with van der Waals surface area (Å²) in [4.78, 5) is 27.1. The van der Waals surface area contributed by atoms with Gasteiger partial charge in [-0.2, -0.15) is 5.26 Å². The molecule has 1 aromatic carbocycles. The number of nitrogen functional groups attached to an aromatic ring is 1.